The van der Waals surface area contributed by atoms with Crippen LogP contribution < -0.4 is 10.6 Å². The van der Waals surface area contributed by atoms with Crippen molar-refractivity contribution in [2.75, 3.05) is 14.1 Å². The van der Waals surface area contributed by atoms with Gasteiger partial charge in [0.15, 0.2) is 0 Å². The molecule has 0 aliphatic carbocycles. The lowest BCUT2D eigenvalue weighted by molar-refractivity contribution is -0.152. The van der Waals surface area contributed by atoms with Crippen LogP contribution >= 0.6 is 23.2 Å². The van der Waals surface area contributed by atoms with E-state index >= 15 is 0 Å². The lowest BCUT2D eigenvalue weighted by Crippen LogP contribution is -2.80. The van der Waals surface area contributed by atoms with Gasteiger partial charge in [-0.25, -0.2) is 9.59 Å². The fourth-order valence-electron chi connectivity index (χ4n) is 1.98. The Hall–Kier alpha value is -2.20. The minimum Gasteiger partial charge on any atom is -0.275 e. The average Bonchev–Trinajstić information content (AvgIpc) is 2.46. The van der Waals surface area contributed by atoms with E-state index in [-0.39, 0.29) is 0 Å². The van der Waals surface area contributed by atoms with Crippen LogP contribution in [0.1, 0.15) is 0 Å². The number of amides is 8. The van der Waals surface area contributed by atoms with Gasteiger partial charge in [-0.3, -0.25) is 39.6 Å². The number of imide groups is 4. The van der Waals surface area contributed by atoms with Gasteiger partial charge in [0.1, 0.15) is 0 Å². The number of hydrogen-bond acceptors (Lipinski definition) is 6. The van der Waals surface area contributed by atoms with Crippen LogP contribution in [-0.4, -0.2) is 69.3 Å². The number of nitrogens with one attached hydrogen (secondary N) is 2. The molecule has 12 heteroatoms. The van der Waals surface area contributed by atoms with Crippen LogP contribution in [-0.2, 0) is 19.2 Å². The van der Waals surface area contributed by atoms with Gasteiger partial charge in [-0.05, 0) is 0 Å². The third-order valence-corrected chi connectivity index (χ3v) is 4.68. The standard InChI is InChI=1S/C10H8Cl2N4O6/c1-15-5(19)9(11,3(17)13-7(15)21)10(12)4(18)14-8(22)16(2)6(10)20/h1-2H3,(H,13,17,21)(H,14,18,22)/t9-,10-/m0/s1. The zero-order valence-corrected chi connectivity index (χ0v) is 12.6. The number of nitrogens with zero attached hydrogens (tertiary/aromatic N) is 2. The SMILES string of the molecule is CN1C(=O)NC(=O)[C@@](Cl)([C@]2(Cl)C(=O)NC(=O)N(C)C2=O)C1=O. The van der Waals surface area contributed by atoms with E-state index in [1.54, 1.807) is 10.6 Å². The summed E-state index contributed by atoms with van der Waals surface area (Å²) in [7, 11) is 1.95. The quantitative estimate of drug-likeness (QED) is 0.430. The van der Waals surface area contributed by atoms with Crippen LogP contribution in [0.15, 0.2) is 0 Å². The molecule has 2 aliphatic rings. The summed E-state index contributed by atoms with van der Waals surface area (Å²) >= 11 is 11.9. The Labute approximate surface area is 132 Å². The molecule has 0 unspecified atom stereocenters. The molecule has 0 aromatic carbocycles. The lowest BCUT2D eigenvalue weighted by Gasteiger charge is -2.44. The normalized spacial score (nSPS) is 33.1. The number of carbonyl (C=O) groups excluding carboxylic acids is 6. The molecule has 0 spiro atoms. The van der Waals surface area contributed by atoms with E-state index in [4.69, 9.17) is 23.2 Å². The highest BCUT2D eigenvalue weighted by molar-refractivity contribution is 6.64. The first kappa shape index (κ1) is 16.2. The monoisotopic (exact) mass is 350 g/mol. The fourth-order valence-corrected chi connectivity index (χ4v) is 2.66. The Balaban J connectivity index is 2.65. The summed E-state index contributed by atoms with van der Waals surface area (Å²) in [5, 5.41) is 3.43. The molecule has 0 bridgehead atoms. The van der Waals surface area contributed by atoms with Crippen molar-refractivity contribution in [1.29, 1.82) is 0 Å². The number of urea groups is 2. The van der Waals surface area contributed by atoms with Gasteiger partial charge in [0, 0.05) is 14.1 Å². The van der Waals surface area contributed by atoms with E-state index in [1.165, 1.54) is 0 Å². The Morgan fingerprint density at radius 1 is 0.727 bits per heavy atom. The molecule has 2 fully saturated rings. The van der Waals surface area contributed by atoms with Gasteiger partial charge in [-0.2, -0.15) is 0 Å². The highest BCUT2D eigenvalue weighted by Gasteiger charge is 2.73. The van der Waals surface area contributed by atoms with Gasteiger partial charge in [-0.15, -0.1) is 0 Å². The smallest absolute Gasteiger partial charge is 0.275 e. The molecule has 2 aliphatic heterocycles. The summed E-state index contributed by atoms with van der Waals surface area (Å²) in [4.78, 5) is 66.3. The Morgan fingerprint density at radius 2 is 1.00 bits per heavy atom. The maximum atomic E-state index is 12.2. The maximum Gasteiger partial charge on any atom is 0.330 e. The van der Waals surface area contributed by atoms with E-state index < -0.39 is 45.4 Å². The first-order chi connectivity index (χ1) is 9.99. The van der Waals surface area contributed by atoms with Gasteiger partial charge in [-0.1, -0.05) is 23.2 Å². The van der Waals surface area contributed by atoms with Crippen molar-refractivity contribution < 1.29 is 28.8 Å². The van der Waals surface area contributed by atoms with Gasteiger partial charge in [0.05, 0.1) is 0 Å². The van der Waals surface area contributed by atoms with Crippen molar-refractivity contribution in [3.8, 4) is 0 Å². The molecule has 0 aromatic heterocycles. The molecule has 0 saturated carbocycles. The fraction of sp³-hybridized carbons (Fsp3) is 0.400. The second-order valence-corrected chi connectivity index (χ2v) is 5.70. The number of carbonyl (C=O) groups is 6. The van der Waals surface area contributed by atoms with Crippen LogP contribution in [0.25, 0.3) is 0 Å². The highest BCUT2D eigenvalue weighted by atomic mass is 35.5. The number of rotatable bonds is 1. The molecule has 2 rings (SSSR count). The molecule has 2 N–H and O–H groups in total. The molecule has 118 valence electrons. The van der Waals surface area contributed by atoms with E-state index in [0.717, 1.165) is 14.1 Å². The second-order valence-electron chi connectivity index (χ2n) is 4.56. The van der Waals surface area contributed by atoms with E-state index in [1.807, 2.05) is 0 Å². The highest BCUT2D eigenvalue weighted by Crippen LogP contribution is 2.42. The average molecular weight is 351 g/mol. The Kier molecular flexibility index (Phi) is 3.42. The number of halogens is 2. The van der Waals surface area contributed by atoms with Crippen molar-refractivity contribution in [1.82, 2.24) is 20.4 Å². The van der Waals surface area contributed by atoms with Crippen LogP contribution in [0.3, 0.4) is 0 Å². The molecule has 0 aromatic rings. The molecule has 2 saturated heterocycles. The van der Waals surface area contributed by atoms with Gasteiger partial charge in [0.2, 0.25) is 9.75 Å². The number of alkyl halides is 2. The molecular formula is C10H8Cl2N4O6. The largest absolute Gasteiger partial charge is 0.330 e. The van der Waals surface area contributed by atoms with Gasteiger partial charge >= 0.3 is 12.1 Å². The summed E-state index contributed by atoms with van der Waals surface area (Å²) in [6.07, 6.45) is 0. The van der Waals surface area contributed by atoms with E-state index in [9.17, 15) is 28.8 Å². The van der Waals surface area contributed by atoms with Crippen molar-refractivity contribution in [2.45, 2.75) is 9.75 Å². The van der Waals surface area contributed by atoms with Gasteiger partial charge < -0.3 is 0 Å². The van der Waals surface area contributed by atoms with Gasteiger partial charge in [0.25, 0.3) is 23.6 Å². The molecule has 2 atom stereocenters. The Morgan fingerprint density at radius 3 is 1.27 bits per heavy atom. The number of barbiturate groups is 2. The van der Waals surface area contributed by atoms with Crippen LogP contribution in [0, 0.1) is 0 Å². The van der Waals surface area contributed by atoms with Crippen molar-refractivity contribution in [3.63, 3.8) is 0 Å². The summed E-state index contributed by atoms with van der Waals surface area (Å²) in [5.74, 6) is -5.62. The molecule has 22 heavy (non-hydrogen) atoms. The summed E-state index contributed by atoms with van der Waals surface area (Å²) in [5.41, 5.74) is 0. The van der Waals surface area contributed by atoms with Crippen LogP contribution in [0.5, 0.6) is 0 Å². The molecule has 10 nitrogen and oxygen atoms in total. The summed E-state index contributed by atoms with van der Waals surface area (Å²) in [6.45, 7) is 0. The van der Waals surface area contributed by atoms with Crippen molar-refractivity contribution in [3.05, 3.63) is 0 Å². The zero-order chi connectivity index (χ0) is 17.0. The predicted molar refractivity (Wildman–Crippen MR) is 69.8 cm³/mol. The lowest BCUT2D eigenvalue weighted by atomic mass is 9.84. The molecular weight excluding hydrogens is 343 g/mol. The topological polar surface area (TPSA) is 133 Å². The van der Waals surface area contributed by atoms with Crippen LogP contribution in [0.4, 0.5) is 9.59 Å². The third kappa shape index (κ3) is 1.67. The second kappa shape index (κ2) is 4.65. The molecule has 0 radical (unpaired) electrons. The predicted octanol–water partition coefficient (Wildman–Crippen LogP) is -1.64. The van der Waals surface area contributed by atoms with E-state index in [0.29, 0.717) is 9.80 Å². The summed E-state index contributed by atoms with van der Waals surface area (Å²) in [6, 6.07) is -2.20. The minimum absolute atomic E-state index is 0.398. The number of hydrogen-bond donors (Lipinski definition) is 2. The zero-order valence-electron chi connectivity index (χ0n) is 11.1. The summed E-state index contributed by atoms with van der Waals surface area (Å²) < 4.78 is 0. The first-order valence-electron chi connectivity index (χ1n) is 5.64. The Bertz CT molecular complexity index is 610. The third-order valence-electron chi connectivity index (χ3n) is 3.35. The minimum atomic E-state index is -2.94. The molecule has 8 amide bonds. The van der Waals surface area contributed by atoms with Crippen LogP contribution in [0.2, 0.25) is 0 Å². The first-order valence-corrected chi connectivity index (χ1v) is 6.40. The molecule has 2 heterocycles. The van der Waals surface area contributed by atoms with Crippen molar-refractivity contribution >= 4 is 58.9 Å². The van der Waals surface area contributed by atoms with Crippen molar-refractivity contribution in [2.24, 2.45) is 0 Å². The maximum absolute atomic E-state index is 12.2. The van der Waals surface area contributed by atoms with E-state index in [2.05, 4.69) is 0 Å².